The number of methoxy groups -OCH3 is 2. The molecule has 0 bridgehead atoms. The number of nitrogens with zero attached hydrogens (tertiary/aromatic N) is 2. The molecule has 0 aliphatic heterocycles. The Morgan fingerprint density at radius 2 is 1.47 bits per heavy atom. The molecule has 0 radical (unpaired) electrons. The van der Waals surface area contributed by atoms with Crippen molar-refractivity contribution in [1.82, 2.24) is 10.2 Å². The summed E-state index contributed by atoms with van der Waals surface area (Å²) in [6.45, 7) is 5.96. The van der Waals surface area contributed by atoms with Gasteiger partial charge >= 0.3 is 0 Å². The zero-order chi connectivity index (χ0) is 26.9. The molecule has 2 amide bonds. The first-order valence-electron chi connectivity index (χ1n) is 11.8. The van der Waals surface area contributed by atoms with Crippen LogP contribution >= 0.6 is 0 Å². The van der Waals surface area contributed by atoms with Gasteiger partial charge in [-0.3, -0.25) is 13.9 Å². The van der Waals surface area contributed by atoms with Crippen molar-refractivity contribution in [3.8, 4) is 11.5 Å². The first-order valence-corrected chi connectivity index (χ1v) is 13.7. The fourth-order valence-electron chi connectivity index (χ4n) is 3.63. The van der Waals surface area contributed by atoms with Gasteiger partial charge in [-0.25, -0.2) is 8.42 Å². The van der Waals surface area contributed by atoms with Crippen LogP contribution in [0.4, 0.5) is 5.69 Å². The van der Waals surface area contributed by atoms with E-state index in [4.69, 9.17) is 9.47 Å². The molecule has 0 saturated heterocycles. The summed E-state index contributed by atoms with van der Waals surface area (Å²) in [4.78, 5) is 28.2. The highest BCUT2D eigenvalue weighted by Crippen LogP contribution is 2.23. The van der Waals surface area contributed by atoms with Crippen LogP contribution in [0.15, 0.2) is 48.5 Å². The molecule has 1 atom stereocenters. The van der Waals surface area contributed by atoms with Crippen molar-refractivity contribution < 1.29 is 27.5 Å². The van der Waals surface area contributed by atoms with Gasteiger partial charge in [-0.2, -0.15) is 0 Å². The van der Waals surface area contributed by atoms with Crippen molar-refractivity contribution >= 4 is 27.5 Å². The standard InChI is InChI=1S/C26H37N3O6S/c1-7-24(26(31)27-16-19(2)3)28(17-20-8-12-22(34-4)13-9-20)25(30)18-29(36(6,32)33)21-10-14-23(35-5)15-11-21/h8-15,19,24H,7,16-18H2,1-6H3,(H,27,31)/t24-/m0/s1. The molecule has 10 heteroatoms. The van der Waals surface area contributed by atoms with Crippen molar-refractivity contribution in [1.29, 1.82) is 0 Å². The van der Waals surface area contributed by atoms with Crippen LogP contribution in [0.5, 0.6) is 11.5 Å². The second kappa shape index (κ2) is 13.2. The van der Waals surface area contributed by atoms with Gasteiger partial charge in [-0.05, 0) is 54.3 Å². The SMILES string of the molecule is CC[C@@H](C(=O)NCC(C)C)N(Cc1ccc(OC)cc1)C(=O)CN(c1ccc(OC)cc1)S(C)(=O)=O. The molecule has 9 nitrogen and oxygen atoms in total. The topological polar surface area (TPSA) is 105 Å². The third kappa shape index (κ3) is 8.15. The normalized spacial score (nSPS) is 12.1. The molecule has 0 aromatic heterocycles. The van der Waals surface area contributed by atoms with Gasteiger partial charge < -0.3 is 19.7 Å². The number of carbonyl (C=O) groups excluding carboxylic acids is 2. The highest BCUT2D eigenvalue weighted by Gasteiger charge is 2.31. The van der Waals surface area contributed by atoms with Crippen LogP contribution in [0, 0.1) is 5.92 Å². The van der Waals surface area contributed by atoms with Crippen LogP contribution in [0.2, 0.25) is 0 Å². The number of ether oxygens (including phenoxy) is 2. The van der Waals surface area contributed by atoms with Gasteiger partial charge in [-0.15, -0.1) is 0 Å². The van der Waals surface area contributed by atoms with Crippen molar-refractivity contribution in [2.75, 3.05) is 37.9 Å². The molecule has 0 unspecified atom stereocenters. The zero-order valence-electron chi connectivity index (χ0n) is 21.9. The third-order valence-corrected chi connectivity index (χ3v) is 6.76. The van der Waals surface area contributed by atoms with E-state index < -0.39 is 28.5 Å². The summed E-state index contributed by atoms with van der Waals surface area (Å²) in [5, 5.41) is 2.90. The fraction of sp³-hybridized carbons (Fsp3) is 0.462. The van der Waals surface area contributed by atoms with Gasteiger partial charge in [0.15, 0.2) is 0 Å². The molecule has 0 aliphatic carbocycles. The number of hydrogen-bond donors (Lipinski definition) is 1. The lowest BCUT2D eigenvalue weighted by Crippen LogP contribution is -2.52. The summed E-state index contributed by atoms with van der Waals surface area (Å²) in [6.07, 6.45) is 1.41. The Kier molecular flexibility index (Phi) is 10.6. The van der Waals surface area contributed by atoms with E-state index >= 15 is 0 Å². The molecule has 198 valence electrons. The number of carbonyl (C=O) groups is 2. The molecule has 36 heavy (non-hydrogen) atoms. The van der Waals surface area contributed by atoms with E-state index in [1.807, 2.05) is 32.9 Å². The molecule has 2 rings (SSSR count). The first-order chi connectivity index (χ1) is 17.0. The van der Waals surface area contributed by atoms with Gasteiger partial charge in [0.25, 0.3) is 0 Å². The van der Waals surface area contributed by atoms with Crippen molar-refractivity contribution in [2.45, 2.75) is 39.8 Å². The van der Waals surface area contributed by atoms with Crippen LogP contribution in [-0.4, -0.2) is 64.7 Å². The monoisotopic (exact) mass is 519 g/mol. The number of sulfonamides is 1. The van der Waals surface area contributed by atoms with E-state index in [2.05, 4.69) is 5.32 Å². The fourth-order valence-corrected chi connectivity index (χ4v) is 4.48. The van der Waals surface area contributed by atoms with Gasteiger partial charge in [0.2, 0.25) is 21.8 Å². The van der Waals surface area contributed by atoms with Crippen LogP contribution in [0.25, 0.3) is 0 Å². The van der Waals surface area contributed by atoms with Crippen LogP contribution in [0.1, 0.15) is 32.8 Å². The van der Waals surface area contributed by atoms with Gasteiger partial charge in [0.1, 0.15) is 24.1 Å². The van der Waals surface area contributed by atoms with E-state index in [0.717, 1.165) is 16.1 Å². The van der Waals surface area contributed by atoms with Gasteiger partial charge in [-0.1, -0.05) is 32.9 Å². The summed E-state index contributed by atoms with van der Waals surface area (Å²) >= 11 is 0. The average molecular weight is 520 g/mol. The number of nitrogens with one attached hydrogen (secondary N) is 1. The lowest BCUT2D eigenvalue weighted by atomic mass is 10.1. The maximum Gasteiger partial charge on any atom is 0.244 e. The van der Waals surface area contributed by atoms with Crippen molar-refractivity contribution in [3.05, 3.63) is 54.1 Å². The smallest absolute Gasteiger partial charge is 0.244 e. The molecular formula is C26H37N3O6S. The Morgan fingerprint density at radius 1 is 0.944 bits per heavy atom. The van der Waals surface area contributed by atoms with Gasteiger partial charge in [0, 0.05) is 13.1 Å². The quantitative estimate of drug-likeness (QED) is 0.436. The van der Waals surface area contributed by atoms with E-state index in [0.29, 0.717) is 30.2 Å². The average Bonchev–Trinajstić information content (AvgIpc) is 2.85. The lowest BCUT2D eigenvalue weighted by molar-refractivity contribution is -0.140. The molecule has 0 aliphatic rings. The second-order valence-electron chi connectivity index (χ2n) is 8.90. The summed E-state index contributed by atoms with van der Waals surface area (Å²) in [5.74, 6) is 0.712. The van der Waals surface area contributed by atoms with E-state index in [9.17, 15) is 18.0 Å². The Morgan fingerprint density at radius 3 is 1.92 bits per heavy atom. The Bertz CT molecular complexity index is 1100. The summed E-state index contributed by atoms with van der Waals surface area (Å²) in [5.41, 5.74) is 1.11. The minimum atomic E-state index is -3.79. The van der Waals surface area contributed by atoms with Crippen LogP contribution in [-0.2, 0) is 26.2 Å². The Labute approximate surface area is 214 Å². The number of benzene rings is 2. The van der Waals surface area contributed by atoms with E-state index in [1.165, 1.54) is 12.0 Å². The lowest BCUT2D eigenvalue weighted by Gasteiger charge is -2.33. The van der Waals surface area contributed by atoms with Crippen molar-refractivity contribution in [3.63, 3.8) is 0 Å². The second-order valence-corrected chi connectivity index (χ2v) is 10.8. The Balaban J connectivity index is 2.40. The largest absolute Gasteiger partial charge is 0.497 e. The molecule has 2 aromatic rings. The summed E-state index contributed by atoms with van der Waals surface area (Å²) in [7, 11) is -0.716. The maximum atomic E-state index is 13.7. The molecular weight excluding hydrogens is 482 g/mol. The molecule has 0 saturated carbocycles. The summed E-state index contributed by atoms with van der Waals surface area (Å²) < 4.78 is 36.7. The highest BCUT2D eigenvalue weighted by atomic mass is 32.2. The van der Waals surface area contributed by atoms with E-state index in [1.54, 1.807) is 43.5 Å². The van der Waals surface area contributed by atoms with Gasteiger partial charge in [0.05, 0.1) is 26.2 Å². The molecule has 1 N–H and O–H groups in total. The minimum absolute atomic E-state index is 0.136. The number of anilines is 1. The highest BCUT2D eigenvalue weighted by molar-refractivity contribution is 7.92. The number of amides is 2. The maximum absolute atomic E-state index is 13.7. The van der Waals surface area contributed by atoms with Crippen LogP contribution < -0.4 is 19.1 Å². The first kappa shape index (κ1) is 29.0. The predicted octanol–water partition coefficient (Wildman–Crippen LogP) is 3.05. The molecule has 0 fully saturated rings. The van der Waals surface area contributed by atoms with Crippen LogP contribution in [0.3, 0.4) is 0 Å². The predicted molar refractivity (Wildman–Crippen MR) is 141 cm³/mol. The Hall–Kier alpha value is -3.27. The molecule has 0 spiro atoms. The number of hydrogen-bond acceptors (Lipinski definition) is 6. The molecule has 2 aromatic carbocycles. The molecule has 0 heterocycles. The van der Waals surface area contributed by atoms with E-state index in [-0.39, 0.29) is 18.4 Å². The van der Waals surface area contributed by atoms with Crippen molar-refractivity contribution in [2.24, 2.45) is 5.92 Å². The minimum Gasteiger partial charge on any atom is -0.497 e. The third-order valence-electron chi connectivity index (χ3n) is 5.62. The summed E-state index contributed by atoms with van der Waals surface area (Å²) in [6, 6.07) is 12.8. The zero-order valence-corrected chi connectivity index (χ0v) is 22.7. The number of rotatable bonds is 13.